The SMILES string of the molecule is CC(=O)c1cccc(-c2ccc(NS(=O)(=O)c3cc4[nH]c(=O)c(=O)[nH]c4cc3C)cc2Cl)c1. The van der Waals surface area contributed by atoms with Gasteiger partial charge in [-0.05, 0) is 55.3 Å². The first-order valence-corrected chi connectivity index (χ1v) is 11.6. The highest BCUT2D eigenvalue weighted by atomic mass is 35.5. The highest BCUT2D eigenvalue weighted by molar-refractivity contribution is 7.92. The topological polar surface area (TPSA) is 129 Å². The predicted octanol–water partition coefficient (Wildman–Crippen LogP) is 3.85. The van der Waals surface area contributed by atoms with E-state index in [0.717, 1.165) is 5.56 Å². The van der Waals surface area contributed by atoms with Gasteiger partial charge in [0.1, 0.15) is 0 Å². The van der Waals surface area contributed by atoms with E-state index in [1.807, 2.05) is 0 Å². The average molecular weight is 484 g/mol. The second-order valence-electron chi connectivity index (χ2n) is 7.51. The van der Waals surface area contributed by atoms with Crippen LogP contribution in [0.2, 0.25) is 5.02 Å². The molecule has 33 heavy (non-hydrogen) atoms. The van der Waals surface area contributed by atoms with Crippen molar-refractivity contribution in [3.05, 3.63) is 91.5 Å². The average Bonchev–Trinajstić information content (AvgIpc) is 2.74. The third-order valence-corrected chi connectivity index (χ3v) is 6.94. The van der Waals surface area contributed by atoms with Gasteiger partial charge >= 0.3 is 11.1 Å². The van der Waals surface area contributed by atoms with Gasteiger partial charge in [-0.1, -0.05) is 35.9 Å². The Balaban J connectivity index is 1.70. The molecule has 0 aliphatic carbocycles. The Kier molecular flexibility index (Phi) is 5.69. The molecule has 1 heterocycles. The number of aromatic nitrogens is 2. The molecule has 4 rings (SSSR count). The van der Waals surface area contributed by atoms with Gasteiger partial charge in [-0.2, -0.15) is 0 Å². The summed E-state index contributed by atoms with van der Waals surface area (Å²) in [5.74, 6) is -0.0754. The van der Waals surface area contributed by atoms with E-state index in [2.05, 4.69) is 14.7 Å². The van der Waals surface area contributed by atoms with E-state index in [4.69, 9.17) is 11.6 Å². The summed E-state index contributed by atoms with van der Waals surface area (Å²) in [7, 11) is -4.04. The molecule has 8 nitrogen and oxygen atoms in total. The summed E-state index contributed by atoms with van der Waals surface area (Å²) < 4.78 is 28.6. The number of nitrogens with one attached hydrogen (secondary N) is 3. The molecule has 0 bridgehead atoms. The molecule has 0 atom stereocenters. The number of carbonyl (C=O) groups is 1. The van der Waals surface area contributed by atoms with Crippen molar-refractivity contribution in [3.8, 4) is 11.1 Å². The van der Waals surface area contributed by atoms with Gasteiger partial charge in [0.05, 0.1) is 26.6 Å². The zero-order valence-electron chi connectivity index (χ0n) is 17.5. The maximum Gasteiger partial charge on any atom is 0.314 e. The van der Waals surface area contributed by atoms with Gasteiger partial charge in [-0.15, -0.1) is 0 Å². The van der Waals surface area contributed by atoms with E-state index in [9.17, 15) is 22.8 Å². The third-order valence-electron chi connectivity index (χ3n) is 5.11. The Morgan fingerprint density at radius 3 is 2.24 bits per heavy atom. The highest BCUT2D eigenvalue weighted by Gasteiger charge is 2.19. The molecule has 1 aromatic heterocycles. The molecule has 4 aromatic rings. The molecule has 3 N–H and O–H groups in total. The number of H-pyrrole nitrogens is 2. The molecule has 168 valence electrons. The Morgan fingerprint density at radius 2 is 1.61 bits per heavy atom. The predicted molar refractivity (Wildman–Crippen MR) is 128 cm³/mol. The standard InChI is InChI=1S/C23H18ClN3O5S/c1-12-8-19-20(26-23(30)22(29)25-19)11-21(12)33(31,32)27-16-6-7-17(18(24)10-16)15-5-3-4-14(9-15)13(2)28/h3-11,27H,1-2H3,(H,25,29)(H,26,30). The summed E-state index contributed by atoms with van der Waals surface area (Å²) in [4.78, 5) is 39.5. The van der Waals surface area contributed by atoms with Gasteiger partial charge in [0.15, 0.2) is 5.78 Å². The highest BCUT2D eigenvalue weighted by Crippen LogP contribution is 2.32. The second kappa shape index (κ2) is 8.34. The lowest BCUT2D eigenvalue weighted by Crippen LogP contribution is -2.29. The van der Waals surface area contributed by atoms with Crippen LogP contribution < -0.4 is 15.8 Å². The minimum atomic E-state index is -4.04. The Labute approximate surface area is 193 Å². The number of benzene rings is 3. The first-order chi connectivity index (χ1) is 15.5. The monoisotopic (exact) mass is 483 g/mol. The molecule has 0 saturated carbocycles. The molecule has 10 heteroatoms. The van der Waals surface area contributed by atoms with Crippen molar-refractivity contribution in [2.45, 2.75) is 18.7 Å². The molecular formula is C23H18ClN3O5S. The molecule has 0 aliphatic heterocycles. The molecule has 0 amide bonds. The van der Waals surface area contributed by atoms with Crippen LogP contribution in [0, 0.1) is 6.92 Å². The van der Waals surface area contributed by atoms with E-state index >= 15 is 0 Å². The van der Waals surface area contributed by atoms with Crippen LogP contribution in [0.25, 0.3) is 22.2 Å². The van der Waals surface area contributed by atoms with Crippen molar-refractivity contribution in [1.82, 2.24) is 9.97 Å². The van der Waals surface area contributed by atoms with E-state index in [1.54, 1.807) is 43.3 Å². The fourth-order valence-electron chi connectivity index (χ4n) is 3.47. The number of Topliss-reactive ketones (excluding diaryl/α,β-unsaturated/α-hetero) is 1. The number of ketones is 1. The van der Waals surface area contributed by atoms with E-state index in [1.165, 1.54) is 25.1 Å². The van der Waals surface area contributed by atoms with Gasteiger partial charge in [0, 0.05) is 11.1 Å². The van der Waals surface area contributed by atoms with Crippen LogP contribution in [0.15, 0.2) is 69.1 Å². The largest absolute Gasteiger partial charge is 0.316 e. The fourth-order valence-corrected chi connectivity index (χ4v) is 5.06. The zero-order chi connectivity index (χ0) is 23.9. The van der Waals surface area contributed by atoms with Crippen LogP contribution in [0.4, 0.5) is 5.69 Å². The number of hydrogen-bond acceptors (Lipinski definition) is 5. The Bertz CT molecular complexity index is 1660. The molecule has 3 aromatic carbocycles. The van der Waals surface area contributed by atoms with Gasteiger partial charge in [-0.3, -0.25) is 19.1 Å². The van der Waals surface area contributed by atoms with Crippen molar-refractivity contribution in [3.63, 3.8) is 0 Å². The van der Waals surface area contributed by atoms with Gasteiger partial charge in [0.25, 0.3) is 10.0 Å². The Hall–Kier alpha value is -3.69. The van der Waals surface area contributed by atoms with Crippen LogP contribution in [0.5, 0.6) is 0 Å². The molecular weight excluding hydrogens is 466 g/mol. The van der Waals surface area contributed by atoms with Crippen LogP contribution in [0.1, 0.15) is 22.8 Å². The number of sulfonamides is 1. The quantitative estimate of drug-likeness (QED) is 0.293. The fraction of sp³-hybridized carbons (Fsp3) is 0.0870. The van der Waals surface area contributed by atoms with Crippen molar-refractivity contribution in [2.75, 3.05) is 4.72 Å². The summed E-state index contributed by atoms with van der Waals surface area (Å²) in [6.45, 7) is 3.05. The number of halogens is 1. The normalized spacial score (nSPS) is 11.5. The van der Waals surface area contributed by atoms with E-state index in [-0.39, 0.29) is 21.9 Å². The van der Waals surface area contributed by atoms with Crippen LogP contribution in [-0.2, 0) is 10.0 Å². The number of hydrogen-bond donors (Lipinski definition) is 3. The number of fused-ring (bicyclic) bond motifs is 1. The molecule has 0 radical (unpaired) electrons. The number of aromatic amines is 2. The first kappa shape index (κ1) is 22.5. The summed E-state index contributed by atoms with van der Waals surface area (Å²) in [5.41, 5.74) is 1.33. The molecule has 0 unspecified atom stereocenters. The van der Waals surface area contributed by atoms with Crippen molar-refractivity contribution < 1.29 is 13.2 Å². The maximum absolute atomic E-state index is 13.0. The van der Waals surface area contributed by atoms with Crippen molar-refractivity contribution >= 4 is 44.1 Å². The summed E-state index contributed by atoms with van der Waals surface area (Å²) in [6.07, 6.45) is 0. The lowest BCUT2D eigenvalue weighted by Gasteiger charge is -2.13. The zero-order valence-corrected chi connectivity index (χ0v) is 19.1. The van der Waals surface area contributed by atoms with Gasteiger partial charge in [0.2, 0.25) is 0 Å². The van der Waals surface area contributed by atoms with Crippen LogP contribution >= 0.6 is 11.6 Å². The smallest absolute Gasteiger partial charge is 0.314 e. The maximum atomic E-state index is 13.0. The number of carbonyl (C=O) groups excluding carboxylic acids is 1. The third kappa shape index (κ3) is 4.46. The van der Waals surface area contributed by atoms with E-state index < -0.39 is 21.1 Å². The van der Waals surface area contributed by atoms with Crippen LogP contribution in [-0.4, -0.2) is 24.2 Å². The van der Waals surface area contributed by atoms with Crippen molar-refractivity contribution in [1.29, 1.82) is 0 Å². The number of rotatable bonds is 5. The molecule has 0 fully saturated rings. The molecule has 0 saturated heterocycles. The Morgan fingerprint density at radius 1 is 0.939 bits per heavy atom. The first-order valence-electron chi connectivity index (χ1n) is 9.76. The summed E-state index contributed by atoms with van der Waals surface area (Å²) in [5, 5.41) is 0.299. The molecule has 0 aliphatic rings. The minimum absolute atomic E-state index is 0.0629. The van der Waals surface area contributed by atoms with Crippen LogP contribution in [0.3, 0.4) is 0 Å². The second-order valence-corrected chi connectivity index (χ2v) is 9.57. The minimum Gasteiger partial charge on any atom is -0.316 e. The lowest BCUT2D eigenvalue weighted by molar-refractivity contribution is 0.101. The van der Waals surface area contributed by atoms with Gasteiger partial charge < -0.3 is 9.97 Å². The summed E-state index contributed by atoms with van der Waals surface area (Å²) >= 11 is 6.42. The molecule has 0 spiro atoms. The number of anilines is 1. The van der Waals surface area contributed by atoms with E-state index in [0.29, 0.717) is 27.2 Å². The van der Waals surface area contributed by atoms with Gasteiger partial charge in [-0.25, -0.2) is 8.42 Å². The summed E-state index contributed by atoms with van der Waals surface area (Å²) in [6, 6.07) is 14.4. The number of aryl methyl sites for hydroxylation is 1. The van der Waals surface area contributed by atoms with Crippen molar-refractivity contribution in [2.24, 2.45) is 0 Å². The lowest BCUT2D eigenvalue weighted by atomic mass is 10.0.